The molecule has 0 fully saturated rings. The quantitative estimate of drug-likeness (QED) is 0.848. The SMILES string of the molecule is Cc1nn(C)cc1CNC(=S)NC(C)c1ccccc1. The van der Waals surface area contributed by atoms with Crippen molar-refractivity contribution in [3.63, 3.8) is 0 Å². The van der Waals surface area contributed by atoms with Crippen molar-refractivity contribution in [3.8, 4) is 0 Å². The van der Waals surface area contributed by atoms with E-state index in [0.29, 0.717) is 11.7 Å². The van der Waals surface area contributed by atoms with E-state index in [2.05, 4.69) is 34.8 Å². The van der Waals surface area contributed by atoms with Gasteiger partial charge in [0.05, 0.1) is 11.7 Å². The van der Waals surface area contributed by atoms with Gasteiger partial charge >= 0.3 is 0 Å². The highest BCUT2D eigenvalue weighted by molar-refractivity contribution is 7.80. The van der Waals surface area contributed by atoms with E-state index in [1.165, 1.54) is 5.56 Å². The first-order chi connectivity index (χ1) is 9.56. The first kappa shape index (κ1) is 14.5. The molecule has 1 atom stereocenters. The van der Waals surface area contributed by atoms with Crippen LogP contribution in [-0.4, -0.2) is 14.9 Å². The first-order valence-electron chi connectivity index (χ1n) is 6.64. The zero-order chi connectivity index (χ0) is 14.5. The maximum Gasteiger partial charge on any atom is 0.167 e. The summed E-state index contributed by atoms with van der Waals surface area (Å²) in [6.45, 7) is 4.78. The predicted molar refractivity (Wildman–Crippen MR) is 85.4 cm³/mol. The van der Waals surface area contributed by atoms with E-state index in [0.717, 1.165) is 11.3 Å². The molecule has 1 unspecified atom stereocenters. The molecule has 2 aromatic rings. The largest absolute Gasteiger partial charge is 0.359 e. The molecule has 0 radical (unpaired) electrons. The lowest BCUT2D eigenvalue weighted by atomic mass is 10.1. The lowest BCUT2D eigenvalue weighted by molar-refractivity contribution is 0.697. The predicted octanol–water partition coefficient (Wildman–Crippen LogP) is 2.45. The summed E-state index contributed by atoms with van der Waals surface area (Å²) in [5.41, 5.74) is 3.40. The Kier molecular flexibility index (Phi) is 4.74. The molecule has 2 N–H and O–H groups in total. The maximum atomic E-state index is 5.33. The van der Waals surface area contributed by atoms with E-state index in [1.54, 1.807) is 0 Å². The van der Waals surface area contributed by atoms with Crippen LogP contribution in [-0.2, 0) is 13.6 Å². The Bertz CT molecular complexity index is 577. The van der Waals surface area contributed by atoms with Crippen LogP contribution >= 0.6 is 12.2 Å². The zero-order valence-electron chi connectivity index (χ0n) is 12.1. The van der Waals surface area contributed by atoms with Crippen LogP contribution in [0.15, 0.2) is 36.5 Å². The summed E-state index contributed by atoms with van der Waals surface area (Å²) < 4.78 is 1.81. The molecule has 5 heteroatoms. The average Bonchev–Trinajstić information content (AvgIpc) is 2.75. The summed E-state index contributed by atoms with van der Waals surface area (Å²) in [7, 11) is 1.92. The van der Waals surface area contributed by atoms with Crippen molar-refractivity contribution < 1.29 is 0 Å². The Morgan fingerprint density at radius 2 is 2.05 bits per heavy atom. The van der Waals surface area contributed by atoms with Gasteiger partial charge in [-0.3, -0.25) is 4.68 Å². The lowest BCUT2D eigenvalue weighted by Gasteiger charge is -2.17. The minimum Gasteiger partial charge on any atom is -0.359 e. The van der Waals surface area contributed by atoms with Crippen LogP contribution in [0.4, 0.5) is 0 Å². The number of nitrogens with one attached hydrogen (secondary N) is 2. The molecule has 0 amide bonds. The van der Waals surface area contributed by atoms with Gasteiger partial charge in [0, 0.05) is 25.4 Å². The highest BCUT2D eigenvalue weighted by atomic mass is 32.1. The Labute approximate surface area is 125 Å². The van der Waals surface area contributed by atoms with Crippen molar-refractivity contribution >= 4 is 17.3 Å². The minimum absolute atomic E-state index is 0.186. The summed E-state index contributed by atoms with van der Waals surface area (Å²) in [5.74, 6) is 0. The molecule has 4 nitrogen and oxygen atoms in total. The molecule has 0 aliphatic carbocycles. The Morgan fingerprint density at radius 3 is 2.65 bits per heavy atom. The van der Waals surface area contributed by atoms with Crippen LogP contribution in [0, 0.1) is 6.92 Å². The number of hydrogen-bond donors (Lipinski definition) is 2. The molecule has 0 saturated carbocycles. The van der Waals surface area contributed by atoms with Gasteiger partial charge in [-0.1, -0.05) is 30.3 Å². The average molecular weight is 288 g/mol. The summed E-state index contributed by atoms with van der Waals surface area (Å²) in [6.07, 6.45) is 2.01. The molecule has 20 heavy (non-hydrogen) atoms. The van der Waals surface area contributed by atoms with Crippen molar-refractivity contribution in [1.82, 2.24) is 20.4 Å². The van der Waals surface area contributed by atoms with Gasteiger partial charge < -0.3 is 10.6 Å². The first-order valence-corrected chi connectivity index (χ1v) is 7.05. The molecule has 1 aromatic carbocycles. The minimum atomic E-state index is 0.186. The van der Waals surface area contributed by atoms with Gasteiger partial charge in [0.15, 0.2) is 5.11 Å². The van der Waals surface area contributed by atoms with Gasteiger partial charge in [0.25, 0.3) is 0 Å². The summed E-state index contributed by atoms with van der Waals surface area (Å²) >= 11 is 5.33. The number of benzene rings is 1. The van der Waals surface area contributed by atoms with Crippen molar-refractivity contribution in [2.75, 3.05) is 0 Å². The second-order valence-corrected chi connectivity index (χ2v) is 5.28. The van der Waals surface area contributed by atoms with Crippen molar-refractivity contribution in [1.29, 1.82) is 0 Å². The van der Waals surface area contributed by atoms with Crippen LogP contribution in [0.25, 0.3) is 0 Å². The van der Waals surface area contributed by atoms with E-state index in [1.807, 2.05) is 43.0 Å². The standard InChI is InChI=1S/C15H20N4S/c1-11(13-7-5-4-6-8-13)17-15(20)16-9-14-10-19(3)18-12(14)2/h4-8,10-11H,9H2,1-3H3,(H2,16,17,20). The highest BCUT2D eigenvalue weighted by Gasteiger charge is 2.07. The van der Waals surface area contributed by atoms with Gasteiger partial charge in [-0.25, -0.2) is 0 Å². The number of aromatic nitrogens is 2. The van der Waals surface area contributed by atoms with Gasteiger partial charge in [-0.15, -0.1) is 0 Å². The smallest absolute Gasteiger partial charge is 0.167 e. The third-order valence-corrected chi connectivity index (χ3v) is 3.46. The molecular weight excluding hydrogens is 268 g/mol. The molecule has 0 bridgehead atoms. The number of nitrogens with zero attached hydrogens (tertiary/aromatic N) is 2. The molecule has 2 rings (SSSR count). The van der Waals surface area contributed by atoms with E-state index in [9.17, 15) is 0 Å². The number of rotatable bonds is 4. The monoisotopic (exact) mass is 288 g/mol. The van der Waals surface area contributed by atoms with Crippen LogP contribution in [0.1, 0.15) is 29.8 Å². The Balaban J connectivity index is 1.85. The highest BCUT2D eigenvalue weighted by Crippen LogP contribution is 2.11. The third-order valence-electron chi connectivity index (χ3n) is 3.20. The Hall–Kier alpha value is -1.88. The van der Waals surface area contributed by atoms with E-state index in [4.69, 9.17) is 12.2 Å². The second-order valence-electron chi connectivity index (χ2n) is 4.87. The molecule has 0 spiro atoms. The van der Waals surface area contributed by atoms with Crippen LogP contribution < -0.4 is 10.6 Å². The fourth-order valence-electron chi connectivity index (χ4n) is 2.07. The fraction of sp³-hybridized carbons (Fsp3) is 0.333. The second kappa shape index (κ2) is 6.52. The number of thiocarbonyl (C=S) groups is 1. The topological polar surface area (TPSA) is 41.9 Å². The normalized spacial score (nSPS) is 11.9. The molecule has 1 aromatic heterocycles. The lowest BCUT2D eigenvalue weighted by Crippen LogP contribution is -2.36. The summed E-state index contributed by atoms with van der Waals surface area (Å²) in [4.78, 5) is 0. The van der Waals surface area contributed by atoms with Crippen molar-refractivity contribution in [3.05, 3.63) is 53.3 Å². The van der Waals surface area contributed by atoms with Crippen LogP contribution in [0.2, 0.25) is 0 Å². The van der Waals surface area contributed by atoms with Gasteiger partial charge in [-0.05, 0) is 31.6 Å². The summed E-state index contributed by atoms with van der Waals surface area (Å²) in [5, 5.41) is 11.5. The molecule has 0 aliphatic rings. The molecule has 1 heterocycles. The van der Waals surface area contributed by atoms with Gasteiger partial charge in [0.1, 0.15) is 0 Å². The molecule has 106 valence electrons. The summed E-state index contributed by atoms with van der Waals surface area (Å²) in [6, 6.07) is 10.4. The van der Waals surface area contributed by atoms with Crippen molar-refractivity contribution in [2.45, 2.75) is 26.4 Å². The van der Waals surface area contributed by atoms with Crippen LogP contribution in [0.5, 0.6) is 0 Å². The van der Waals surface area contributed by atoms with E-state index in [-0.39, 0.29) is 6.04 Å². The Morgan fingerprint density at radius 1 is 1.35 bits per heavy atom. The van der Waals surface area contributed by atoms with Gasteiger partial charge in [-0.2, -0.15) is 5.10 Å². The maximum absolute atomic E-state index is 5.33. The molecular formula is C15H20N4S. The number of aryl methyl sites for hydroxylation is 2. The van der Waals surface area contributed by atoms with E-state index < -0.39 is 0 Å². The third kappa shape index (κ3) is 3.81. The van der Waals surface area contributed by atoms with Crippen LogP contribution in [0.3, 0.4) is 0 Å². The number of hydrogen-bond acceptors (Lipinski definition) is 2. The molecule has 0 aliphatic heterocycles. The molecule has 0 saturated heterocycles. The van der Waals surface area contributed by atoms with Gasteiger partial charge in [0.2, 0.25) is 0 Å². The zero-order valence-corrected chi connectivity index (χ0v) is 12.9. The fourth-order valence-corrected chi connectivity index (χ4v) is 2.32. The van der Waals surface area contributed by atoms with E-state index >= 15 is 0 Å². The van der Waals surface area contributed by atoms with Crippen molar-refractivity contribution in [2.24, 2.45) is 7.05 Å².